The number of halogens is 1. The van der Waals surface area contributed by atoms with Gasteiger partial charge in [-0.2, -0.15) is 5.10 Å². The van der Waals surface area contributed by atoms with E-state index in [2.05, 4.69) is 6.08 Å². The first-order valence-electron chi connectivity index (χ1n) is 18.9. The Hall–Kier alpha value is -5.58. The molecule has 6 atom stereocenters. The van der Waals surface area contributed by atoms with Crippen LogP contribution in [0.1, 0.15) is 42.4 Å². The number of rotatable bonds is 5. The minimum atomic E-state index is -1.25. The van der Waals surface area contributed by atoms with Crippen LogP contribution in [0.15, 0.2) is 103 Å². The lowest BCUT2D eigenvalue weighted by atomic mass is 9.51. The second-order valence-electron chi connectivity index (χ2n) is 15.8. The number of phenols is 1. The summed E-state index contributed by atoms with van der Waals surface area (Å²) in [6.07, 6.45) is 2.67. The number of carbonyl (C=O) groups is 4. The highest BCUT2D eigenvalue weighted by Gasteiger charge is 2.68. The monoisotopic (exact) mass is 780 g/mol. The van der Waals surface area contributed by atoms with Gasteiger partial charge in [-0.05, 0) is 84.3 Å². The lowest BCUT2D eigenvalue weighted by Crippen LogP contribution is -2.49. The Kier molecular flexibility index (Phi) is 7.76. The van der Waals surface area contributed by atoms with Crippen molar-refractivity contribution in [2.24, 2.45) is 36.1 Å². The van der Waals surface area contributed by atoms with Crippen LogP contribution < -0.4 is 4.90 Å². The highest BCUT2D eigenvalue weighted by molar-refractivity contribution is 7.22. The van der Waals surface area contributed by atoms with Gasteiger partial charge in [-0.15, -0.1) is 11.3 Å². The molecule has 11 heteroatoms. The average Bonchev–Trinajstić information content (AvgIpc) is 3.86. The maximum atomic E-state index is 15.3. The minimum Gasteiger partial charge on any atom is -0.507 e. The summed E-state index contributed by atoms with van der Waals surface area (Å²) in [4.78, 5) is 62.4. The van der Waals surface area contributed by atoms with Crippen LogP contribution in [0.5, 0.6) is 5.75 Å². The van der Waals surface area contributed by atoms with Gasteiger partial charge in [0.05, 0.1) is 34.6 Å². The fourth-order valence-electron chi connectivity index (χ4n) is 10.3. The molecular weight excluding hydrogens is 744 g/mol. The molecule has 3 fully saturated rings. The van der Waals surface area contributed by atoms with Crippen molar-refractivity contribution in [3.63, 3.8) is 0 Å². The number of aryl methyl sites for hydroxylation is 2. The standard InChI is InChI=1S/C45H37ClN4O5S/c1-23-31-19-25(46)13-18-36(31)56-40(23)34-21-37(48(3)47-34)50-42(53)33-20-32-29(14-15-30-38(32)43(54)49(41(30)52)22-24-9-5-4-6-10-24)39(45(33,2)44(50)55)28-16-17-35(51)27-12-8-7-11-26(27)28/h4-14,16-19,21,30,32-33,38-39,51H,15,20,22H2,1-3H3. The number of allylic oxidation sites excluding steroid dienone is 2. The lowest BCUT2D eigenvalue weighted by molar-refractivity contribution is -0.141. The van der Waals surface area contributed by atoms with E-state index in [1.807, 2.05) is 98.8 Å². The van der Waals surface area contributed by atoms with Crippen molar-refractivity contribution in [2.45, 2.75) is 39.2 Å². The zero-order valence-electron chi connectivity index (χ0n) is 30.9. The first kappa shape index (κ1) is 34.9. The number of anilines is 1. The molecule has 2 aliphatic heterocycles. The molecule has 0 radical (unpaired) electrons. The lowest BCUT2D eigenvalue weighted by Gasteiger charge is -2.49. The molecule has 9 nitrogen and oxygen atoms in total. The zero-order chi connectivity index (χ0) is 38.8. The predicted molar refractivity (Wildman–Crippen MR) is 216 cm³/mol. The number of likely N-dealkylation sites (tertiary alicyclic amines) is 1. The predicted octanol–water partition coefficient (Wildman–Crippen LogP) is 8.55. The van der Waals surface area contributed by atoms with Gasteiger partial charge in [0.15, 0.2) is 0 Å². The van der Waals surface area contributed by atoms with E-state index in [4.69, 9.17) is 16.7 Å². The molecule has 4 amide bonds. The number of hydrogen-bond acceptors (Lipinski definition) is 7. The summed E-state index contributed by atoms with van der Waals surface area (Å²) in [5.41, 5.74) is 2.97. The summed E-state index contributed by atoms with van der Waals surface area (Å²) in [5, 5.41) is 18.9. The van der Waals surface area contributed by atoms with Crippen molar-refractivity contribution in [1.82, 2.24) is 14.7 Å². The smallest absolute Gasteiger partial charge is 0.242 e. The molecule has 1 N–H and O–H groups in total. The summed E-state index contributed by atoms with van der Waals surface area (Å²) in [7, 11) is 1.74. The molecule has 0 bridgehead atoms. The van der Waals surface area contributed by atoms with Crippen molar-refractivity contribution in [1.29, 1.82) is 0 Å². The number of amides is 4. The quantitative estimate of drug-likeness (QED) is 0.139. The number of benzene rings is 4. The van der Waals surface area contributed by atoms with Gasteiger partial charge in [0.2, 0.25) is 23.6 Å². The molecule has 2 saturated heterocycles. The van der Waals surface area contributed by atoms with Crippen LogP contribution in [0.25, 0.3) is 31.4 Å². The second kappa shape index (κ2) is 12.5. The fourth-order valence-corrected chi connectivity index (χ4v) is 11.7. The van der Waals surface area contributed by atoms with Gasteiger partial charge in [-0.1, -0.05) is 83.9 Å². The van der Waals surface area contributed by atoms with E-state index >= 15 is 9.59 Å². The van der Waals surface area contributed by atoms with Gasteiger partial charge in [-0.3, -0.25) is 28.8 Å². The summed E-state index contributed by atoms with van der Waals surface area (Å²) in [6.45, 7) is 4.08. The SMILES string of the molecule is Cc1c(-c2cc(N3C(=O)C4CC5C(=CCC6C(=O)N(Cc7ccccc7)C(=O)C65)C(c5ccc(O)c6ccccc56)C4(C)C3=O)n(C)n2)sc2ccc(Cl)cc12. The van der Waals surface area contributed by atoms with E-state index in [9.17, 15) is 14.7 Å². The molecule has 4 aromatic carbocycles. The maximum Gasteiger partial charge on any atom is 0.242 e. The van der Waals surface area contributed by atoms with Crippen LogP contribution in [-0.4, -0.2) is 43.4 Å². The largest absolute Gasteiger partial charge is 0.507 e. The van der Waals surface area contributed by atoms with Gasteiger partial charge in [0.25, 0.3) is 0 Å². The molecule has 56 heavy (non-hydrogen) atoms. The third-order valence-electron chi connectivity index (χ3n) is 13.0. The average molecular weight is 781 g/mol. The Morgan fingerprint density at radius 1 is 0.875 bits per heavy atom. The minimum absolute atomic E-state index is 0.112. The van der Waals surface area contributed by atoms with Crippen molar-refractivity contribution >= 4 is 73.2 Å². The number of aromatic hydroxyl groups is 1. The van der Waals surface area contributed by atoms with Gasteiger partial charge in [0, 0.05) is 34.1 Å². The third kappa shape index (κ3) is 4.81. The number of nitrogens with zero attached hydrogens (tertiary/aromatic N) is 4. The molecular formula is C45H37ClN4O5S. The van der Waals surface area contributed by atoms with Gasteiger partial charge in [0.1, 0.15) is 17.3 Å². The van der Waals surface area contributed by atoms with Crippen molar-refractivity contribution < 1.29 is 24.3 Å². The Morgan fingerprint density at radius 3 is 2.41 bits per heavy atom. The van der Waals surface area contributed by atoms with Crippen LogP contribution in [-0.2, 0) is 32.8 Å². The number of thiophene rings is 1. The molecule has 1 saturated carbocycles. The third-order valence-corrected chi connectivity index (χ3v) is 14.5. The van der Waals surface area contributed by atoms with E-state index in [1.165, 1.54) is 9.80 Å². The Bertz CT molecular complexity index is 2740. The molecule has 2 aromatic heterocycles. The van der Waals surface area contributed by atoms with Crippen LogP contribution >= 0.6 is 22.9 Å². The highest BCUT2D eigenvalue weighted by atomic mass is 35.5. The normalized spacial score (nSPS) is 25.9. The van der Waals surface area contributed by atoms with E-state index in [-0.39, 0.29) is 42.3 Å². The number of hydrogen-bond donors (Lipinski definition) is 1. The maximum absolute atomic E-state index is 15.3. The fraction of sp³-hybridized carbons (Fsp3) is 0.267. The van der Waals surface area contributed by atoms with Crippen LogP contribution in [0, 0.1) is 36.0 Å². The van der Waals surface area contributed by atoms with Crippen LogP contribution in [0.4, 0.5) is 5.82 Å². The Morgan fingerprint density at radius 2 is 1.62 bits per heavy atom. The van der Waals surface area contributed by atoms with Crippen LogP contribution in [0.3, 0.4) is 0 Å². The number of fused-ring (bicyclic) bond motifs is 6. The molecule has 280 valence electrons. The van der Waals surface area contributed by atoms with Gasteiger partial charge < -0.3 is 5.11 Å². The van der Waals surface area contributed by atoms with Crippen LogP contribution in [0.2, 0.25) is 5.02 Å². The van der Waals surface area contributed by atoms with Crippen molar-refractivity contribution in [3.8, 4) is 16.3 Å². The van der Waals surface area contributed by atoms with Crippen molar-refractivity contribution in [2.75, 3.05) is 4.90 Å². The number of imide groups is 2. The molecule has 10 rings (SSSR count). The topological polar surface area (TPSA) is 113 Å². The van der Waals surface area contributed by atoms with E-state index in [1.54, 1.807) is 29.1 Å². The second-order valence-corrected chi connectivity index (χ2v) is 17.3. The molecule has 6 unspecified atom stereocenters. The zero-order valence-corrected chi connectivity index (χ0v) is 32.5. The summed E-state index contributed by atoms with van der Waals surface area (Å²) in [6, 6.07) is 28.1. The van der Waals surface area contributed by atoms with Crippen molar-refractivity contribution in [3.05, 3.63) is 124 Å². The summed E-state index contributed by atoms with van der Waals surface area (Å²) >= 11 is 7.92. The molecule has 6 aromatic rings. The molecule has 2 aliphatic carbocycles. The molecule has 4 heterocycles. The number of phenolic OH excluding ortho intramolecular Hbond substituents is 1. The van der Waals surface area contributed by atoms with E-state index < -0.39 is 35.0 Å². The summed E-state index contributed by atoms with van der Waals surface area (Å²) < 4.78 is 2.65. The number of carbonyl (C=O) groups excluding carboxylic acids is 4. The Labute approximate surface area is 331 Å². The van der Waals surface area contributed by atoms with Gasteiger partial charge >= 0.3 is 0 Å². The molecule has 4 aliphatic rings. The van der Waals surface area contributed by atoms with Gasteiger partial charge in [-0.25, -0.2) is 4.90 Å². The first-order valence-corrected chi connectivity index (χ1v) is 20.1. The highest BCUT2D eigenvalue weighted by Crippen LogP contribution is 2.64. The Balaban J connectivity index is 1.10. The van der Waals surface area contributed by atoms with E-state index in [0.717, 1.165) is 42.6 Å². The number of aromatic nitrogens is 2. The first-order chi connectivity index (χ1) is 27.0. The van der Waals surface area contributed by atoms with E-state index in [0.29, 0.717) is 28.3 Å². The molecule has 0 spiro atoms. The summed E-state index contributed by atoms with van der Waals surface area (Å²) in [5.74, 6) is -3.73.